The molecule has 0 bridgehead atoms. The predicted octanol–water partition coefficient (Wildman–Crippen LogP) is 3.05. The average molecular weight is 265 g/mol. The Bertz CT molecular complexity index is 418. The van der Waals surface area contributed by atoms with Gasteiger partial charge < -0.3 is 15.2 Å². The molecule has 0 radical (unpaired) electrons. The van der Waals surface area contributed by atoms with E-state index in [9.17, 15) is 0 Å². The van der Waals surface area contributed by atoms with Crippen LogP contribution in [0.3, 0.4) is 0 Å². The van der Waals surface area contributed by atoms with E-state index in [-0.39, 0.29) is 11.9 Å². The summed E-state index contributed by atoms with van der Waals surface area (Å²) >= 11 is 1.79. The number of nitrogen functional groups attached to an aromatic ring is 1. The van der Waals surface area contributed by atoms with Gasteiger partial charge in [0, 0.05) is 29.2 Å². The van der Waals surface area contributed by atoms with Crippen LogP contribution in [0.15, 0.2) is 29.2 Å². The maximum absolute atomic E-state index is 6.09. The first-order chi connectivity index (χ1) is 8.76. The van der Waals surface area contributed by atoms with E-state index < -0.39 is 0 Å². The Morgan fingerprint density at radius 2 is 2.17 bits per heavy atom. The van der Waals surface area contributed by atoms with Crippen LogP contribution in [0.2, 0.25) is 0 Å². The minimum absolute atomic E-state index is 0.217. The van der Waals surface area contributed by atoms with Crippen molar-refractivity contribution in [3.05, 3.63) is 24.3 Å². The SMILES string of the molecule is Nc1cccc(SCC2COC3(CCCC3)O2)c1. The first-order valence-corrected chi connectivity index (χ1v) is 7.54. The highest BCUT2D eigenvalue weighted by Gasteiger charge is 2.43. The monoisotopic (exact) mass is 265 g/mol. The van der Waals surface area contributed by atoms with Gasteiger partial charge in [0.1, 0.15) is 0 Å². The number of hydrogen-bond acceptors (Lipinski definition) is 4. The highest BCUT2D eigenvalue weighted by atomic mass is 32.2. The van der Waals surface area contributed by atoms with Crippen LogP contribution >= 0.6 is 11.8 Å². The van der Waals surface area contributed by atoms with Gasteiger partial charge in [-0.2, -0.15) is 0 Å². The first kappa shape index (κ1) is 12.3. The van der Waals surface area contributed by atoms with Gasteiger partial charge in [-0.05, 0) is 31.0 Å². The summed E-state index contributed by atoms with van der Waals surface area (Å²) in [5.74, 6) is 0.701. The normalized spacial score (nSPS) is 25.9. The lowest BCUT2D eigenvalue weighted by Gasteiger charge is -2.21. The number of anilines is 1. The van der Waals surface area contributed by atoms with Crippen LogP contribution in [0.5, 0.6) is 0 Å². The van der Waals surface area contributed by atoms with E-state index >= 15 is 0 Å². The Morgan fingerprint density at radius 1 is 1.33 bits per heavy atom. The van der Waals surface area contributed by atoms with Crippen LogP contribution in [0, 0.1) is 0 Å². The molecule has 1 spiro atoms. The fraction of sp³-hybridized carbons (Fsp3) is 0.571. The van der Waals surface area contributed by atoms with E-state index in [0.29, 0.717) is 0 Å². The molecule has 1 aromatic carbocycles. The van der Waals surface area contributed by atoms with Crippen molar-refractivity contribution >= 4 is 17.4 Å². The second-order valence-corrected chi connectivity index (χ2v) is 6.15. The molecule has 1 saturated carbocycles. The van der Waals surface area contributed by atoms with E-state index in [0.717, 1.165) is 30.9 Å². The van der Waals surface area contributed by atoms with Gasteiger partial charge >= 0.3 is 0 Å². The summed E-state index contributed by atoms with van der Waals surface area (Å²) in [6.45, 7) is 0.731. The molecule has 18 heavy (non-hydrogen) atoms. The Labute approximate surface area is 112 Å². The molecule has 2 N–H and O–H groups in total. The lowest BCUT2D eigenvalue weighted by atomic mass is 10.2. The summed E-state index contributed by atoms with van der Waals surface area (Å²) < 4.78 is 12.0. The molecule has 0 amide bonds. The summed E-state index contributed by atoms with van der Waals surface area (Å²) in [6.07, 6.45) is 4.80. The van der Waals surface area contributed by atoms with E-state index in [1.165, 1.54) is 17.7 Å². The molecule has 1 aliphatic heterocycles. The van der Waals surface area contributed by atoms with Crippen molar-refractivity contribution in [1.29, 1.82) is 0 Å². The molecule has 1 heterocycles. The number of rotatable bonds is 3. The Morgan fingerprint density at radius 3 is 2.94 bits per heavy atom. The van der Waals surface area contributed by atoms with E-state index in [4.69, 9.17) is 15.2 Å². The highest BCUT2D eigenvalue weighted by Crippen LogP contribution is 2.40. The van der Waals surface area contributed by atoms with Crippen LogP contribution in [-0.4, -0.2) is 24.3 Å². The van der Waals surface area contributed by atoms with Crippen molar-refractivity contribution < 1.29 is 9.47 Å². The minimum Gasteiger partial charge on any atom is -0.399 e. The van der Waals surface area contributed by atoms with Crippen molar-refractivity contribution in [2.45, 2.75) is 42.5 Å². The van der Waals surface area contributed by atoms with Crippen molar-refractivity contribution in [3.8, 4) is 0 Å². The van der Waals surface area contributed by atoms with Crippen LogP contribution in [-0.2, 0) is 9.47 Å². The molecule has 2 aliphatic rings. The topological polar surface area (TPSA) is 44.5 Å². The third-order valence-electron chi connectivity index (χ3n) is 3.57. The van der Waals surface area contributed by atoms with Crippen molar-refractivity contribution in [2.75, 3.05) is 18.1 Å². The van der Waals surface area contributed by atoms with Gasteiger partial charge in [0.05, 0.1) is 12.7 Å². The maximum Gasteiger partial charge on any atom is 0.168 e. The predicted molar refractivity (Wildman–Crippen MR) is 73.6 cm³/mol. The van der Waals surface area contributed by atoms with Gasteiger partial charge in [-0.15, -0.1) is 11.8 Å². The summed E-state index contributed by atoms with van der Waals surface area (Å²) in [5, 5.41) is 0. The molecule has 1 aliphatic carbocycles. The summed E-state index contributed by atoms with van der Waals surface area (Å²) in [6, 6.07) is 7.99. The first-order valence-electron chi connectivity index (χ1n) is 6.56. The minimum atomic E-state index is -0.235. The molecule has 3 nitrogen and oxygen atoms in total. The molecule has 1 saturated heterocycles. The van der Waals surface area contributed by atoms with Gasteiger partial charge in [-0.1, -0.05) is 6.07 Å². The zero-order chi connectivity index (χ0) is 12.4. The molecule has 1 unspecified atom stereocenters. The van der Waals surface area contributed by atoms with Gasteiger partial charge in [0.2, 0.25) is 0 Å². The highest BCUT2D eigenvalue weighted by molar-refractivity contribution is 7.99. The lowest BCUT2D eigenvalue weighted by molar-refractivity contribution is -0.159. The fourth-order valence-electron chi connectivity index (χ4n) is 2.67. The molecular formula is C14H19NO2S. The number of nitrogens with two attached hydrogens (primary N) is 1. The molecule has 0 aromatic heterocycles. The molecule has 3 rings (SSSR count). The van der Waals surface area contributed by atoms with Gasteiger partial charge in [-0.3, -0.25) is 0 Å². The van der Waals surface area contributed by atoms with Crippen LogP contribution in [0.25, 0.3) is 0 Å². The fourth-order valence-corrected chi connectivity index (χ4v) is 3.60. The number of thioether (sulfide) groups is 1. The molecule has 4 heteroatoms. The standard InChI is InChI=1S/C14H19NO2S/c15-11-4-3-5-13(8-11)18-10-12-9-16-14(17-12)6-1-2-7-14/h3-5,8,12H,1-2,6-7,9-10,15H2. The second kappa shape index (κ2) is 5.11. The lowest BCUT2D eigenvalue weighted by Crippen LogP contribution is -2.27. The zero-order valence-electron chi connectivity index (χ0n) is 10.4. The summed E-state index contributed by atoms with van der Waals surface area (Å²) in [7, 11) is 0. The molecule has 1 atom stereocenters. The van der Waals surface area contributed by atoms with Crippen LogP contribution in [0.4, 0.5) is 5.69 Å². The van der Waals surface area contributed by atoms with Crippen LogP contribution in [0.1, 0.15) is 25.7 Å². The number of hydrogen-bond donors (Lipinski definition) is 1. The molecular weight excluding hydrogens is 246 g/mol. The maximum atomic E-state index is 6.09. The molecule has 1 aromatic rings. The van der Waals surface area contributed by atoms with Gasteiger partial charge in [-0.25, -0.2) is 0 Å². The van der Waals surface area contributed by atoms with Gasteiger partial charge in [0.25, 0.3) is 0 Å². The second-order valence-electron chi connectivity index (χ2n) is 5.05. The Hall–Kier alpha value is -0.710. The Balaban J connectivity index is 1.52. The average Bonchev–Trinajstić information content (AvgIpc) is 2.98. The number of benzene rings is 1. The quantitative estimate of drug-likeness (QED) is 0.674. The van der Waals surface area contributed by atoms with Crippen LogP contribution < -0.4 is 5.73 Å². The molecule has 2 fully saturated rings. The zero-order valence-corrected chi connectivity index (χ0v) is 11.2. The number of ether oxygens (including phenoxy) is 2. The van der Waals surface area contributed by atoms with E-state index in [1.807, 2.05) is 18.2 Å². The van der Waals surface area contributed by atoms with Crippen molar-refractivity contribution in [3.63, 3.8) is 0 Å². The smallest absolute Gasteiger partial charge is 0.168 e. The Kier molecular flexibility index (Phi) is 3.50. The summed E-state index contributed by atoms with van der Waals surface area (Å²) in [4.78, 5) is 1.20. The van der Waals surface area contributed by atoms with Crippen molar-refractivity contribution in [1.82, 2.24) is 0 Å². The van der Waals surface area contributed by atoms with E-state index in [2.05, 4.69) is 6.07 Å². The summed E-state index contributed by atoms with van der Waals surface area (Å²) in [5.41, 5.74) is 6.58. The third kappa shape index (κ3) is 2.66. The largest absolute Gasteiger partial charge is 0.399 e. The van der Waals surface area contributed by atoms with Crippen molar-refractivity contribution in [2.24, 2.45) is 0 Å². The van der Waals surface area contributed by atoms with E-state index in [1.54, 1.807) is 11.8 Å². The molecule has 98 valence electrons. The third-order valence-corrected chi connectivity index (χ3v) is 4.70. The van der Waals surface area contributed by atoms with Gasteiger partial charge in [0.15, 0.2) is 5.79 Å².